The van der Waals surface area contributed by atoms with E-state index in [4.69, 9.17) is 10.5 Å². The fourth-order valence-corrected chi connectivity index (χ4v) is 3.44. The maximum atomic E-state index is 12.5. The molecule has 0 aliphatic rings. The van der Waals surface area contributed by atoms with Crippen molar-refractivity contribution >= 4 is 15.7 Å². The van der Waals surface area contributed by atoms with Crippen molar-refractivity contribution in [3.8, 4) is 5.75 Å². The van der Waals surface area contributed by atoms with Gasteiger partial charge in [0.1, 0.15) is 10.6 Å². The monoisotopic (exact) mass is 314 g/mol. The molecule has 0 heterocycles. The molecule has 0 saturated heterocycles. The second-order valence-corrected chi connectivity index (χ2v) is 7.32. The number of hydrogen-bond acceptors (Lipinski definition) is 4. The van der Waals surface area contributed by atoms with Gasteiger partial charge in [-0.3, -0.25) is 0 Å². The van der Waals surface area contributed by atoms with Crippen LogP contribution in [0.3, 0.4) is 0 Å². The van der Waals surface area contributed by atoms with Crippen molar-refractivity contribution in [3.05, 3.63) is 18.2 Å². The average Bonchev–Trinajstić information content (AvgIpc) is 2.38. The number of nitrogens with one attached hydrogen (secondary N) is 1. The molecule has 6 heteroatoms. The van der Waals surface area contributed by atoms with Crippen LogP contribution in [0.4, 0.5) is 5.69 Å². The first-order valence-corrected chi connectivity index (χ1v) is 8.79. The summed E-state index contributed by atoms with van der Waals surface area (Å²) in [6.07, 6.45) is 1.77. The van der Waals surface area contributed by atoms with Gasteiger partial charge in [-0.15, -0.1) is 0 Å². The molecule has 120 valence electrons. The maximum absolute atomic E-state index is 12.5. The van der Waals surface area contributed by atoms with E-state index < -0.39 is 10.0 Å². The zero-order valence-electron chi connectivity index (χ0n) is 13.2. The summed E-state index contributed by atoms with van der Waals surface area (Å²) in [5.41, 5.74) is 6.10. The number of anilines is 1. The van der Waals surface area contributed by atoms with Crippen LogP contribution >= 0.6 is 0 Å². The Hall–Kier alpha value is -1.27. The van der Waals surface area contributed by atoms with Crippen molar-refractivity contribution in [1.29, 1.82) is 0 Å². The second-order valence-electron chi connectivity index (χ2n) is 5.63. The normalized spacial score (nSPS) is 13.4. The fourth-order valence-electron chi connectivity index (χ4n) is 1.98. The van der Waals surface area contributed by atoms with Gasteiger partial charge in [-0.25, -0.2) is 13.1 Å². The van der Waals surface area contributed by atoms with E-state index in [1.165, 1.54) is 6.07 Å². The molecule has 1 unspecified atom stereocenters. The Labute approximate surface area is 127 Å². The zero-order valence-corrected chi connectivity index (χ0v) is 14.0. The smallest absolute Gasteiger partial charge is 0.244 e. The number of ether oxygens (including phenoxy) is 1. The van der Waals surface area contributed by atoms with Gasteiger partial charge in [0.25, 0.3) is 0 Å². The summed E-state index contributed by atoms with van der Waals surface area (Å²) >= 11 is 0. The molecular formula is C15H26N2O3S. The van der Waals surface area contributed by atoms with E-state index in [1.807, 2.05) is 13.8 Å². The van der Waals surface area contributed by atoms with Crippen LogP contribution in [0, 0.1) is 5.92 Å². The molecule has 0 aromatic heterocycles. The molecule has 1 aromatic rings. The van der Waals surface area contributed by atoms with E-state index in [-0.39, 0.29) is 10.9 Å². The molecule has 1 aromatic carbocycles. The van der Waals surface area contributed by atoms with Gasteiger partial charge in [-0.2, -0.15) is 0 Å². The Morgan fingerprint density at radius 3 is 2.48 bits per heavy atom. The van der Waals surface area contributed by atoms with Crippen LogP contribution < -0.4 is 15.2 Å². The van der Waals surface area contributed by atoms with Crippen molar-refractivity contribution < 1.29 is 13.2 Å². The lowest BCUT2D eigenvalue weighted by Gasteiger charge is -2.17. The largest absolute Gasteiger partial charge is 0.492 e. The van der Waals surface area contributed by atoms with Crippen LogP contribution in [0.25, 0.3) is 0 Å². The van der Waals surface area contributed by atoms with Gasteiger partial charge in [-0.05, 0) is 50.8 Å². The molecule has 5 nitrogen and oxygen atoms in total. The molecule has 0 spiro atoms. The summed E-state index contributed by atoms with van der Waals surface area (Å²) in [6, 6.07) is 4.52. The standard InChI is InChI=1S/C15H26N2O3S/c1-5-20-14-9-8-13(16)10-15(14)21(18,19)17-12(4)7-6-11(2)3/h8-12,17H,5-7,16H2,1-4H3. The third-order valence-electron chi connectivity index (χ3n) is 3.09. The summed E-state index contributed by atoms with van der Waals surface area (Å²) in [4.78, 5) is 0.0979. The second kappa shape index (κ2) is 7.66. The van der Waals surface area contributed by atoms with Crippen molar-refractivity contribution in [2.75, 3.05) is 12.3 Å². The van der Waals surface area contributed by atoms with Gasteiger partial charge in [0.05, 0.1) is 6.61 Å². The third kappa shape index (κ3) is 5.55. The van der Waals surface area contributed by atoms with Gasteiger partial charge in [0.15, 0.2) is 0 Å². The average molecular weight is 314 g/mol. The zero-order chi connectivity index (χ0) is 16.0. The lowest BCUT2D eigenvalue weighted by Crippen LogP contribution is -2.33. The van der Waals surface area contributed by atoms with Crippen LogP contribution in [-0.4, -0.2) is 21.1 Å². The first-order valence-electron chi connectivity index (χ1n) is 7.31. The summed E-state index contributed by atoms with van der Waals surface area (Å²) in [5.74, 6) is 0.874. The molecule has 0 fully saturated rings. The molecule has 0 radical (unpaired) electrons. The molecular weight excluding hydrogens is 288 g/mol. The van der Waals surface area contributed by atoms with Crippen molar-refractivity contribution in [3.63, 3.8) is 0 Å². The minimum Gasteiger partial charge on any atom is -0.492 e. The summed E-state index contributed by atoms with van der Waals surface area (Å²) in [6.45, 7) is 8.31. The molecule has 0 aliphatic heterocycles. The lowest BCUT2D eigenvalue weighted by molar-refractivity contribution is 0.331. The maximum Gasteiger partial charge on any atom is 0.244 e. The van der Waals surface area contributed by atoms with E-state index in [1.54, 1.807) is 12.1 Å². The van der Waals surface area contributed by atoms with E-state index in [0.717, 1.165) is 12.8 Å². The fraction of sp³-hybridized carbons (Fsp3) is 0.600. The molecule has 1 rings (SSSR count). The molecule has 21 heavy (non-hydrogen) atoms. The SMILES string of the molecule is CCOc1ccc(N)cc1S(=O)(=O)NC(C)CCC(C)C. The van der Waals surface area contributed by atoms with Gasteiger partial charge < -0.3 is 10.5 Å². The van der Waals surface area contributed by atoms with Crippen LogP contribution in [0.1, 0.15) is 40.5 Å². The van der Waals surface area contributed by atoms with E-state index in [9.17, 15) is 8.42 Å². The number of nitrogen functional groups attached to an aromatic ring is 1. The minimum absolute atomic E-state index is 0.0979. The van der Waals surface area contributed by atoms with Crippen LogP contribution in [0.5, 0.6) is 5.75 Å². The van der Waals surface area contributed by atoms with Crippen LogP contribution in [0.2, 0.25) is 0 Å². The molecule has 0 aliphatic carbocycles. The van der Waals surface area contributed by atoms with E-state index in [2.05, 4.69) is 18.6 Å². The Bertz CT molecular complexity index is 556. The number of rotatable bonds is 8. The minimum atomic E-state index is -3.64. The van der Waals surface area contributed by atoms with Crippen LogP contribution in [0.15, 0.2) is 23.1 Å². The molecule has 0 saturated carbocycles. The predicted octanol–water partition coefficient (Wildman–Crippen LogP) is 2.77. The number of benzene rings is 1. The number of hydrogen-bond donors (Lipinski definition) is 2. The Morgan fingerprint density at radius 1 is 1.24 bits per heavy atom. The highest BCUT2D eigenvalue weighted by Crippen LogP contribution is 2.26. The Balaban J connectivity index is 2.94. The quantitative estimate of drug-likeness (QED) is 0.723. The van der Waals surface area contributed by atoms with E-state index >= 15 is 0 Å². The Kier molecular flexibility index (Phi) is 6.48. The van der Waals surface area contributed by atoms with E-state index in [0.29, 0.717) is 24.0 Å². The number of sulfonamides is 1. The lowest BCUT2D eigenvalue weighted by atomic mass is 10.1. The van der Waals surface area contributed by atoms with Gasteiger partial charge in [0, 0.05) is 11.7 Å². The summed E-state index contributed by atoms with van der Waals surface area (Å²) < 4.78 is 33.1. The first kappa shape index (κ1) is 17.8. The highest BCUT2D eigenvalue weighted by Gasteiger charge is 2.22. The topological polar surface area (TPSA) is 81.4 Å². The highest BCUT2D eigenvalue weighted by atomic mass is 32.2. The molecule has 0 amide bonds. The van der Waals surface area contributed by atoms with Crippen LogP contribution in [-0.2, 0) is 10.0 Å². The van der Waals surface area contributed by atoms with Crippen molar-refractivity contribution in [2.24, 2.45) is 5.92 Å². The van der Waals surface area contributed by atoms with Gasteiger partial charge in [0.2, 0.25) is 10.0 Å². The van der Waals surface area contributed by atoms with Gasteiger partial charge >= 0.3 is 0 Å². The Morgan fingerprint density at radius 2 is 1.90 bits per heavy atom. The molecule has 3 N–H and O–H groups in total. The molecule has 0 bridgehead atoms. The van der Waals surface area contributed by atoms with Crippen molar-refractivity contribution in [2.45, 2.75) is 51.5 Å². The first-order chi connectivity index (χ1) is 9.76. The summed E-state index contributed by atoms with van der Waals surface area (Å²) in [7, 11) is -3.64. The molecule has 1 atom stereocenters. The predicted molar refractivity (Wildman–Crippen MR) is 85.9 cm³/mol. The summed E-state index contributed by atoms with van der Waals surface area (Å²) in [5, 5.41) is 0. The number of nitrogens with two attached hydrogens (primary N) is 1. The third-order valence-corrected chi connectivity index (χ3v) is 4.70. The highest BCUT2D eigenvalue weighted by molar-refractivity contribution is 7.89. The van der Waals surface area contributed by atoms with Crippen molar-refractivity contribution in [1.82, 2.24) is 4.72 Å². The van der Waals surface area contributed by atoms with Gasteiger partial charge in [-0.1, -0.05) is 13.8 Å².